The molecule has 0 aromatic rings. The molecule has 2 unspecified atom stereocenters. The van der Waals surface area contributed by atoms with E-state index in [4.69, 9.17) is 0 Å². The van der Waals surface area contributed by atoms with Crippen molar-refractivity contribution >= 4 is 5.91 Å². The Balaban J connectivity index is 2.38. The Labute approximate surface area is 79.6 Å². The number of likely N-dealkylation sites (tertiary alicyclic amines) is 1. The summed E-state index contributed by atoms with van der Waals surface area (Å²) < 4.78 is 0. The first-order chi connectivity index (χ1) is 6.15. The summed E-state index contributed by atoms with van der Waals surface area (Å²) in [5.74, 6) is 0.721. The van der Waals surface area contributed by atoms with E-state index in [1.54, 1.807) is 7.05 Å². The second-order valence-corrected chi connectivity index (χ2v) is 3.84. The van der Waals surface area contributed by atoms with Gasteiger partial charge in [0.15, 0.2) is 0 Å². The lowest BCUT2D eigenvalue weighted by atomic mass is 9.93. The van der Waals surface area contributed by atoms with Gasteiger partial charge in [-0.1, -0.05) is 6.92 Å². The minimum absolute atomic E-state index is 0.0998. The summed E-state index contributed by atoms with van der Waals surface area (Å²) in [7, 11) is 3.81. The molecule has 1 rings (SSSR count). The van der Waals surface area contributed by atoms with Crippen molar-refractivity contribution in [2.45, 2.75) is 13.3 Å². The van der Waals surface area contributed by atoms with Crippen molar-refractivity contribution in [3.63, 3.8) is 0 Å². The molecule has 76 valence electrons. The van der Waals surface area contributed by atoms with Gasteiger partial charge in [0.25, 0.3) is 0 Å². The number of carbonyl (C=O) groups excluding carboxylic acids is 1. The van der Waals surface area contributed by atoms with E-state index in [0.717, 1.165) is 19.5 Å². The monoisotopic (exact) mass is 185 g/mol. The first kappa shape index (κ1) is 10.5. The predicted octanol–water partition coefficient (Wildman–Crippen LogP) is -0.175. The maximum absolute atomic E-state index is 11.4. The van der Waals surface area contributed by atoms with E-state index >= 15 is 0 Å². The van der Waals surface area contributed by atoms with Gasteiger partial charge in [0.2, 0.25) is 5.91 Å². The van der Waals surface area contributed by atoms with Crippen LogP contribution in [0, 0.1) is 11.8 Å². The lowest BCUT2D eigenvalue weighted by Crippen LogP contribution is -2.40. The van der Waals surface area contributed by atoms with Crippen LogP contribution in [-0.4, -0.2) is 38.0 Å². The summed E-state index contributed by atoms with van der Waals surface area (Å²) in [5.41, 5.74) is 5.30. The standard InChI is InChI=1S/C9H19N3O/c1-7(9(13)11-10-2)8-4-5-12(3)6-8/h7-8,10H,4-6H2,1-3H3,(H,11,13). The van der Waals surface area contributed by atoms with Crippen LogP contribution in [0.5, 0.6) is 0 Å². The van der Waals surface area contributed by atoms with Gasteiger partial charge in [-0.25, -0.2) is 5.43 Å². The van der Waals surface area contributed by atoms with E-state index in [9.17, 15) is 4.79 Å². The number of nitrogens with zero attached hydrogens (tertiary/aromatic N) is 1. The van der Waals surface area contributed by atoms with E-state index in [2.05, 4.69) is 22.8 Å². The summed E-state index contributed by atoms with van der Waals surface area (Å²) in [6, 6.07) is 0. The first-order valence-corrected chi connectivity index (χ1v) is 4.80. The minimum atomic E-state index is 0.0998. The molecule has 13 heavy (non-hydrogen) atoms. The molecule has 4 heteroatoms. The van der Waals surface area contributed by atoms with E-state index in [1.807, 2.05) is 6.92 Å². The molecule has 0 saturated carbocycles. The molecule has 0 radical (unpaired) electrons. The molecule has 2 N–H and O–H groups in total. The first-order valence-electron chi connectivity index (χ1n) is 4.80. The summed E-state index contributed by atoms with van der Waals surface area (Å²) in [5, 5.41) is 0. The number of amides is 1. The van der Waals surface area contributed by atoms with Crippen LogP contribution in [0.15, 0.2) is 0 Å². The number of nitrogens with one attached hydrogen (secondary N) is 2. The molecular formula is C9H19N3O. The van der Waals surface area contributed by atoms with Crippen LogP contribution in [0.3, 0.4) is 0 Å². The SMILES string of the molecule is CNNC(=O)C(C)C1CCN(C)C1. The zero-order chi connectivity index (χ0) is 9.84. The second kappa shape index (κ2) is 4.58. The second-order valence-electron chi connectivity index (χ2n) is 3.84. The molecule has 0 bridgehead atoms. The third kappa shape index (κ3) is 2.67. The molecule has 0 spiro atoms. The smallest absolute Gasteiger partial charge is 0.237 e. The molecule has 1 heterocycles. The Hall–Kier alpha value is -0.610. The van der Waals surface area contributed by atoms with E-state index in [0.29, 0.717) is 5.92 Å². The van der Waals surface area contributed by atoms with Crippen LogP contribution in [-0.2, 0) is 4.79 Å². The van der Waals surface area contributed by atoms with Gasteiger partial charge < -0.3 is 4.90 Å². The fourth-order valence-electron chi connectivity index (χ4n) is 1.83. The third-order valence-electron chi connectivity index (χ3n) is 2.80. The number of hydrogen-bond donors (Lipinski definition) is 2. The van der Waals surface area contributed by atoms with E-state index in [-0.39, 0.29) is 11.8 Å². The van der Waals surface area contributed by atoms with Crippen LogP contribution < -0.4 is 10.9 Å². The quantitative estimate of drug-likeness (QED) is 0.600. The maximum atomic E-state index is 11.4. The lowest BCUT2D eigenvalue weighted by molar-refractivity contribution is -0.126. The predicted molar refractivity (Wildman–Crippen MR) is 52.0 cm³/mol. The van der Waals surface area contributed by atoms with E-state index in [1.165, 1.54) is 0 Å². The Morgan fingerprint density at radius 3 is 2.77 bits per heavy atom. The normalized spacial score (nSPS) is 25.9. The third-order valence-corrected chi connectivity index (χ3v) is 2.80. The molecule has 1 amide bonds. The van der Waals surface area contributed by atoms with Crippen molar-refractivity contribution < 1.29 is 4.79 Å². The Morgan fingerprint density at radius 1 is 1.62 bits per heavy atom. The number of carbonyl (C=O) groups is 1. The topological polar surface area (TPSA) is 44.4 Å². The average Bonchev–Trinajstić information content (AvgIpc) is 2.51. The molecule has 0 aromatic heterocycles. The fourth-order valence-corrected chi connectivity index (χ4v) is 1.83. The van der Waals surface area contributed by atoms with Crippen molar-refractivity contribution in [3.8, 4) is 0 Å². The molecule has 0 aromatic carbocycles. The van der Waals surface area contributed by atoms with Gasteiger partial charge in [0.05, 0.1) is 0 Å². The Kier molecular flexibility index (Phi) is 3.69. The summed E-state index contributed by atoms with van der Waals surface area (Å²) in [6.45, 7) is 4.15. The average molecular weight is 185 g/mol. The molecule has 2 atom stereocenters. The van der Waals surface area contributed by atoms with Gasteiger partial charge in [-0.2, -0.15) is 0 Å². The van der Waals surface area contributed by atoms with Crippen molar-refractivity contribution in [2.75, 3.05) is 27.2 Å². The van der Waals surface area contributed by atoms with Crippen molar-refractivity contribution in [1.29, 1.82) is 0 Å². The Morgan fingerprint density at radius 2 is 2.31 bits per heavy atom. The van der Waals surface area contributed by atoms with Gasteiger partial charge in [-0.3, -0.25) is 10.2 Å². The van der Waals surface area contributed by atoms with Crippen LogP contribution in [0.25, 0.3) is 0 Å². The molecule has 1 saturated heterocycles. The number of hydrogen-bond acceptors (Lipinski definition) is 3. The van der Waals surface area contributed by atoms with Crippen molar-refractivity contribution in [1.82, 2.24) is 15.8 Å². The van der Waals surface area contributed by atoms with Gasteiger partial charge in [-0.15, -0.1) is 0 Å². The van der Waals surface area contributed by atoms with E-state index < -0.39 is 0 Å². The minimum Gasteiger partial charge on any atom is -0.306 e. The van der Waals surface area contributed by atoms with Gasteiger partial charge >= 0.3 is 0 Å². The maximum Gasteiger partial charge on any atom is 0.237 e. The highest BCUT2D eigenvalue weighted by Crippen LogP contribution is 2.22. The number of rotatable bonds is 3. The van der Waals surface area contributed by atoms with Crippen LogP contribution in [0.4, 0.5) is 0 Å². The largest absolute Gasteiger partial charge is 0.306 e. The van der Waals surface area contributed by atoms with Gasteiger partial charge in [0.1, 0.15) is 0 Å². The summed E-state index contributed by atoms with van der Waals surface area (Å²) in [4.78, 5) is 13.7. The van der Waals surface area contributed by atoms with Gasteiger partial charge in [0, 0.05) is 19.5 Å². The fraction of sp³-hybridized carbons (Fsp3) is 0.889. The highest BCUT2D eigenvalue weighted by Gasteiger charge is 2.28. The van der Waals surface area contributed by atoms with Crippen molar-refractivity contribution in [3.05, 3.63) is 0 Å². The molecule has 1 aliphatic rings. The molecule has 1 aliphatic heterocycles. The van der Waals surface area contributed by atoms with Crippen LogP contribution in [0.1, 0.15) is 13.3 Å². The number of hydrazine groups is 1. The van der Waals surface area contributed by atoms with Gasteiger partial charge in [-0.05, 0) is 25.9 Å². The zero-order valence-corrected chi connectivity index (χ0v) is 8.63. The molecule has 0 aliphatic carbocycles. The van der Waals surface area contributed by atoms with Crippen molar-refractivity contribution in [2.24, 2.45) is 11.8 Å². The summed E-state index contributed by atoms with van der Waals surface area (Å²) in [6.07, 6.45) is 1.13. The molecular weight excluding hydrogens is 166 g/mol. The zero-order valence-electron chi connectivity index (χ0n) is 8.63. The molecule has 4 nitrogen and oxygen atoms in total. The summed E-state index contributed by atoms with van der Waals surface area (Å²) >= 11 is 0. The Bertz CT molecular complexity index is 184. The van der Waals surface area contributed by atoms with Crippen LogP contribution >= 0.6 is 0 Å². The highest BCUT2D eigenvalue weighted by atomic mass is 16.2. The highest BCUT2D eigenvalue weighted by molar-refractivity contribution is 5.78. The van der Waals surface area contributed by atoms with Crippen LogP contribution in [0.2, 0.25) is 0 Å². The molecule has 1 fully saturated rings. The lowest BCUT2D eigenvalue weighted by Gasteiger charge is -2.17.